The van der Waals surface area contributed by atoms with Gasteiger partial charge >= 0.3 is 6.03 Å². The molecule has 3 heterocycles. The highest BCUT2D eigenvalue weighted by Crippen LogP contribution is 2.28. The van der Waals surface area contributed by atoms with Crippen LogP contribution in [0.25, 0.3) is 0 Å². The van der Waals surface area contributed by atoms with Gasteiger partial charge in [-0.15, -0.1) is 11.3 Å². The van der Waals surface area contributed by atoms with Gasteiger partial charge in [-0.3, -0.25) is 4.90 Å². The second kappa shape index (κ2) is 9.16. The van der Waals surface area contributed by atoms with Gasteiger partial charge in [-0.25, -0.2) is 4.79 Å². The molecule has 0 radical (unpaired) electrons. The zero-order chi connectivity index (χ0) is 19.3. The third-order valence-electron chi connectivity index (χ3n) is 5.64. The highest BCUT2D eigenvalue weighted by molar-refractivity contribution is 7.10. The van der Waals surface area contributed by atoms with Crippen LogP contribution in [0, 0.1) is 0 Å². The van der Waals surface area contributed by atoms with Crippen molar-refractivity contribution < 1.29 is 4.79 Å². The Labute approximate surface area is 175 Å². The lowest BCUT2D eigenvalue weighted by molar-refractivity contribution is 0.185. The Morgan fingerprint density at radius 3 is 2.54 bits per heavy atom. The fourth-order valence-electron chi connectivity index (χ4n) is 4.08. The highest BCUT2D eigenvalue weighted by Gasteiger charge is 2.26. The van der Waals surface area contributed by atoms with Crippen LogP contribution in [-0.4, -0.2) is 61.6 Å². The maximum absolute atomic E-state index is 12.7. The second-order valence-electron chi connectivity index (χ2n) is 7.41. The molecule has 1 unspecified atom stereocenters. The van der Waals surface area contributed by atoms with Crippen molar-refractivity contribution >= 4 is 34.7 Å². The number of nitrogens with zero attached hydrogens (tertiary/aromatic N) is 3. The van der Waals surface area contributed by atoms with E-state index in [9.17, 15) is 4.79 Å². The minimum Gasteiger partial charge on any atom is -0.368 e. The van der Waals surface area contributed by atoms with E-state index in [4.69, 9.17) is 11.6 Å². The van der Waals surface area contributed by atoms with Gasteiger partial charge in [0.1, 0.15) is 0 Å². The molecular formula is C21H27ClN4OS. The van der Waals surface area contributed by atoms with E-state index in [1.54, 1.807) is 11.3 Å². The van der Waals surface area contributed by atoms with Crippen molar-refractivity contribution in [3.05, 3.63) is 51.7 Å². The molecule has 1 N–H and O–H groups in total. The summed E-state index contributed by atoms with van der Waals surface area (Å²) in [5.74, 6) is 0. The molecule has 2 aromatic rings. The summed E-state index contributed by atoms with van der Waals surface area (Å²) in [5.41, 5.74) is 1.12. The third-order valence-corrected chi connectivity index (χ3v) is 6.85. The van der Waals surface area contributed by atoms with E-state index >= 15 is 0 Å². The predicted molar refractivity (Wildman–Crippen MR) is 117 cm³/mol. The number of carbonyl (C=O) groups is 1. The topological polar surface area (TPSA) is 38.8 Å². The predicted octanol–water partition coefficient (Wildman–Crippen LogP) is 4.07. The monoisotopic (exact) mass is 418 g/mol. The SMILES string of the molecule is O=C(NCC(c1cccs1)N1CCCC1)N1CCN(c2cccc(Cl)c2)CC1. The van der Waals surface area contributed by atoms with Crippen LogP contribution in [0.1, 0.15) is 23.8 Å². The van der Waals surface area contributed by atoms with Crippen LogP contribution in [0.5, 0.6) is 0 Å². The molecule has 2 fully saturated rings. The Kier molecular flexibility index (Phi) is 6.40. The van der Waals surface area contributed by atoms with Crippen molar-refractivity contribution in [2.75, 3.05) is 50.7 Å². The van der Waals surface area contributed by atoms with Gasteiger partial charge in [0.2, 0.25) is 0 Å². The Morgan fingerprint density at radius 2 is 1.86 bits per heavy atom. The Bertz CT molecular complexity index is 770. The lowest BCUT2D eigenvalue weighted by Crippen LogP contribution is -2.52. The average Bonchev–Trinajstić information content (AvgIpc) is 3.43. The van der Waals surface area contributed by atoms with E-state index in [0.717, 1.165) is 50.0 Å². The van der Waals surface area contributed by atoms with E-state index in [0.29, 0.717) is 12.6 Å². The summed E-state index contributed by atoms with van der Waals surface area (Å²) >= 11 is 7.89. The molecule has 0 bridgehead atoms. The third kappa shape index (κ3) is 4.62. The number of urea groups is 1. The summed E-state index contributed by atoms with van der Waals surface area (Å²) < 4.78 is 0. The highest BCUT2D eigenvalue weighted by atomic mass is 35.5. The van der Waals surface area contributed by atoms with Crippen molar-refractivity contribution in [1.82, 2.24) is 15.1 Å². The van der Waals surface area contributed by atoms with Gasteiger partial charge in [0.25, 0.3) is 0 Å². The number of carbonyl (C=O) groups excluding carboxylic acids is 1. The van der Waals surface area contributed by atoms with Gasteiger partial charge in [0.15, 0.2) is 0 Å². The quantitative estimate of drug-likeness (QED) is 0.795. The largest absolute Gasteiger partial charge is 0.368 e. The van der Waals surface area contributed by atoms with E-state index in [2.05, 4.69) is 38.7 Å². The van der Waals surface area contributed by atoms with Crippen LogP contribution in [0.3, 0.4) is 0 Å². The number of nitrogens with one attached hydrogen (secondary N) is 1. The molecule has 4 rings (SSSR count). The lowest BCUT2D eigenvalue weighted by Gasteiger charge is -2.36. The summed E-state index contributed by atoms with van der Waals surface area (Å²) in [7, 11) is 0. The molecule has 28 heavy (non-hydrogen) atoms. The molecule has 5 nitrogen and oxygen atoms in total. The first-order chi connectivity index (χ1) is 13.7. The van der Waals surface area contributed by atoms with Crippen LogP contribution >= 0.6 is 22.9 Å². The molecule has 0 spiro atoms. The van der Waals surface area contributed by atoms with Crippen molar-refractivity contribution in [2.45, 2.75) is 18.9 Å². The minimum atomic E-state index is 0.0477. The first-order valence-electron chi connectivity index (χ1n) is 10.0. The molecule has 7 heteroatoms. The smallest absolute Gasteiger partial charge is 0.317 e. The van der Waals surface area contributed by atoms with Crippen LogP contribution in [0.2, 0.25) is 5.02 Å². The summed E-state index contributed by atoms with van der Waals surface area (Å²) in [6, 6.07) is 12.5. The van der Waals surface area contributed by atoms with E-state index in [1.807, 2.05) is 23.1 Å². The van der Waals surface area contributed by atoms with Crippen molar-refractivity contribution in [2.24, 2.45) is 0 Å². The first-order valence-corrected chi connectivity index (χ1v) is 11.3. The number of thiophene rings is 1. The maximum atomic E-state index is 12.7. The zero-order valence-corrected chi connectivity index (χ0v) is 17.6. The molecule has 150 valence electrons. The van der Waals surface area contributed by atoms with Crippen molar-refractivity contribution in [1.29, 1.82) is 0 Å². The molecule has 1 aromatic heterocycles. The summed E-state index contributed by atoms with van der Waals surface area (Å²) in [6.45, 7) is 6.03. The molecule has 2 amide bonds. The molecule has 2 aliphatic heterocycles. The molecule has 2 saturated heterocycles. The standard InChI is InChI=1S/C21H27ClN4OS/c22-17-5-3-6-18(15-17)24-10-12-26(13-11-24)21(27)23-16-19(20-7-4-14-28-20)25-8-1-2-9-25/h3-7,14-15,19H,1-2,8-13,16H2,(H,23,27). The molecule has 0 aliphatic carbocycles. The first kappa shape index (κ1) is 19.6. The maximum Gasteiger partial charge on any atom is 0.317 e. The molecule has 0 saturated carbocycles. The molecule has 1 atom stereocenters. The Hall–Kier alpha value is -1.76. The minimum absolute atomic E-state index is 0.0477. The van der Waals surface area contributed by atoms with Crippen molar-refractivity contribution in [3.8, 4) is 0 Å². The van der Waals surface area contributed by atoms with Crippen molar-refractivity contribution in [3.63, 3.8) is 0 Å². The molecule has 1 aromatic carbocycles. The van der Waals surface area contributed by atoms with Gasteiger partial charge in [-0.1, -0.05) is 23.7 Å². The zero-order valence-electron chi connectivity index (χ0n) is 16.0. The van der Waals surface area contributed by atoms with Crippen LogP contribution in [0.15, 0.2) is 41.8 Å². The van der Waals surface area contributed by atoms with E-state index < -0.39 is 0 Å². The van der Waals surface area contributed by atoms with E-state index in [1.165, 1.54) is 17.7 Å². The average molecular weight is 419 g/mol. The molecular weight excluding hydrogens is 392 g/mol. The number of hydrogen-bond acceptors (Lipinski definition) is 4. The van der Waals surface area contributed by atoms with Gasteiger partial charge in [-0.2, -0.15) is 0 Å². The number of amides is 2. The number of likely N-dealkylation sites (tertiary alicyclic amines) is 1. The number of rotatable bonds is 5. The Morgan fingerprint density at radius 1 is 1.07 bits per heavy atom. The van der Waals surface area contributed by atoms with Crippen LogP contribution in [-0.2, 0) is 0 Å². The number of hydrogen-bond donors (Lipinski definition) is 1. The normalized spacial score (nSPS) is 19.0. The van der Waals surface area contributed by atoms with Gasteiger partial charge < -0.3 is 15.1 Å². The van der Waals surface area contributed by atoms with Gasteiger partial charge in [0.05, 0.1) is 6.04 Å². The fraction of sp³-hybridized carbons (Fsp3) is 0.476. The summed E-state index contributed by atoms with van der Waals surface area (Å²) in [5, 5.41) is 6.06. The molecule has 2 aliphatic rings. The Balaban J connectivity index is 1.30. The lowest BCUT2D eigenvalue weighted by atomic mass is 10.2. The number of anilines is 1. The van der Waals surface area contributed by atoms with Gasteiger partial charge in [-0.05, 0) is 55.6 Å². The van der Waals surface area contributed by atoms with Gasteiger partial charge in [0, 0.05) is 48.3 Å². The van der Waals surface area contributed by atoms with E-state index in [-0.39, 0.29) is 6.03 Å². The fourth-order valence-corrected chi connectivity index (χ4v) is 5.13. The second-order valence-corrected chi connectivity index (χ2v) is 8.83. The number of benzene rings is 1. The van der Waals surface area contributed by atoms with Crippen LogP contribution < -0.4 is 10.2 Å². The summed E-state index contributed by atoms with van der Waals surface area (Å²) in [6.07, 6.45) is 2.50. The summed E-state index contributed by atoms with van der Waals surface area (Å²) in [4.78, 5) is 20.8. The number of halogens is 1. The van der Waals surface area contributed by atoms with Crippen LogP contribution in [0.4, 0.5) is 10.5 Å². The number of piperazine rings is 1.